The first-order chi connectivity index (χ1) is 12.7. The van der Waals surface area contributed by atoms with Crippen molar-refractivity contribution in [2.75, 3.05) is 6.54 Å². The summed E-state index contributed by atoms with van der Waals surface area (Å²) in [6.45, 7) is 3.97. The van der Waals surface area contributed by atoms with Gasteiger partial charge in [0, 0.05) is 25.4 Å². The van der Waals surface area contributed by atoms with E-state index >= 15 is 0 Å². The molecule has 1 aliphatic rings. The zero-order valence-electron chi connectivity index (χ0n) is 14.9. The Morgan fingerprint density at radius 3 is 2.19 bits per heavy atom. The van der Waals surface area contributed by atoms with Crippen LogP contribution in [0.25, 0.3) is 0 Å². The number of hydrogen-bond acceptors (Lipinski definition) is 3. The van der Waals surface area contributed by atoms with Crippen LogP contribution in [0.5, 0.6) is 0 Å². The molecule has 26 heavy (non-hydrogen) atoms. The van der Waals surface area contributed by atoms with E-state index in [0.717, 1.165) is 18.2 Å². The maximum absolute atomic E-state index is 13.0. The van der Waals surface area contributed by atoms with Gasteiger partial charge in [-0.3, -0.25) is 4.79 Å². The van der Waals surface area contributed by atoms with E-state index in [1.54, 1.807) is 0 Å². The Morgan fingerprint density at radius 2 is 1.58 bits per heavy atom. The third kappa shape index (κ3) is 3.25. The maximum Gasteiger partial charge on any atom is 0.223 e. The number of hydrogen-bond donors (Lipinski definition) is 0. The molecular weight excluding hydrogens is 324 g/mol. The van der Waals surface area contributed by atoms with Crippen molar-refractivity contribution in [2.45, 2.75) is 32.4 Å². The van der Waals surface area contributed by atoms with Gasteiger partial charge in [0.2, 0.25) is 5.91 Å². The second-order valence-electron chi connectivity index (χ2n) is 6.71. The molecule has 4 rings (SSSR count). The zero-order chi connectivity index (χ0) is 17.9. The Balaban J connectivity index is 1.55. The highest BCUT2D eigenvalue weighted by atomic mass is 16.2. The molecule has 0 spiro atoms. The molecule has 0 saturated heterocycles. The molecule has 3 aromatic rings. The largest absolute Gasteiger partial charge is 0.333 e. The van der Waals surface area contributed by atoms with Gasteiger partial charge in [0.15, 0.2) is 5.82 Å². The van der Waals surface area contributed by atoms with E-state index in [1.165, 1.54) is 11.1 Å². The summed E-state index contributed by atoms with van der Waals surface area (Å²) < 4.78 is 2.09. The molecule has 2 heterocycles. The van der Waals surface area contributed by atoms with Gasteiger partial charge in [-0.25, -0.2) is 0 Å². The zero-order valence-corrected chi connectivity index (χ0v) is 14.9. The van der Waals surface area contributed by atoms with Crippen molar-refractivity contribution in [3.63, 3.8) is 0 Å². The summed E-state index contributed by atoms with van der Waals surface area (Å²) >= 11 is 0. The Kier molecular flexibility index (Phi) is 4.52. The van der Waals surface area contributed by atoms with Gasteiger partial charge in [-0.05, 0) is 18.1 Å². The summed E-state index contributed by atoms with van der Waals surface area (Å²) in [5.41, 5.74) is 2.34. The number of amides is 1. The minimum absolute atomic E-state index is 0.0615. The standard InChI is InChI=1S/C21H22N4O/c1-16-22-23-20-15-24(12-13-25(16)20)21(26)14-19(17-8-4-2-5-9-17)18-10-6-3-7-11-18/h2-11,19H,12-15H2,1H3. The number of aryl methyl sites for hydroxylation is 1. The van der Waals surface area contributed by atoms with E-state index in [2.05, 4.69) is 39.0 Å². The molecule has 1 amide bonds. The first kappa shape index (κ1) is 16.5. The molecule has 0 saturated carbocycles. The highest BCUT2D eigenvalue weighted by Gasteiger charge is 2.26. The predicted octanol–water partition coefficient (Wildman–Crippen LogP) is 3.15. The molecule has 0 radical (unpaired) electrons. The monoisotopic (exact) mass is 346 g/mol. The third-order valence-corrected chi connectivity index (χ3v) is 5.07. The third-order valence-electron chi connectivity index (χ3n) is 5.07. The molecule has 0 bridgehead atoms. The van der Waals surface area contributed by atoms with Gasteiger partial charge in [0.1, 0.15) is 5.82 Å². The van der Waals surface area contributed by atoms with E-state index in [1.807, 2.05) is 48.2 Å². The van der Waals surface area contributed by atoms with Crippen molar-refractivity contribution in [3.8, 4) is 0 Å². The Labute approximate surface area is 153 Å². The van der Waals surface area contributed by atoms with Crippen LogP contribution in [-0.4, -0.2) is 32.1 Å². The van der Waals surface area contributed by atoms with Gasteiger partial charge in [0.25, 0.3) is 0 Å². The molecule has 0 atom stereocenters. The van der Waals surface area contributed by atoms with Crippen molar-refractivity contribution >= 4 is 5.91 Å². The Hall–Kier alpha value is -2.95. The van der Waals surface area contributed by atoms with E-state index < -0.39 is 0 Å². The molecule has 132 valence electrons. The number of carbonyl (C=O) groups is 1. The minimum Gasteiger partial charge on any atom is -0.333 e. The van der Waals surface area contributed by atoms with E-state index in [9.17, 15) is 4.79 Å². The summed E-state index contributed by atoms with van der Waals surface area (Å²) in [4.78, 5) is 14.9. The fraction of sp³-hybridized carbons (Fsp3) is 0.286. The van der Waals surface area contributed by atoms with E-state index in [-0.39, 0.29) is 11.8 Å². The first-order valence-corrected chi connectivity index (χ1v) is 8.98. The minimum atomic E-state index is 0.0615. The van der Waals surface area contributed by atoms with Gasteiger partial charge in [-0.2, -0.15) is 0 Å². The second-order valence-corrected chi connectivity index (χ2v) is 6.71. The number of nitrogens with zero attached hydrogens (tertiary/aromatic N) is 4. The summed E-state index contributed by atoms with van der Waals surface area (Å²) in [6.07, 6.45) is 0.459. The molecule has 5 nitrogen and oxygen atoms in total. The van der Waals surface area contributed by atoms with Crippen LogP contribution in [0.3, 0.4) is 0 Å². The molecule has 0 aliphatic carbocycles. The molecule has 5 heteroatoms. The fourth-order valence-electron chi connectivity index (χ4n) is 3.62. The van der Waals surface area contributed by atoms with Crippen LogP contribution in [0.4, 0.5) is 0 Å². The average Bonchev–Trinajstić information content (AvgIpc) is 3.07. The predicted molar refractivity (Wildman–Crippen MR) is 99.5 cm³/mol. The normalized spacial score (nSPS) is 13.7. The summed E-state index contributed by atoms with van der Waals surface area (Å²) in [5, 5.41) is 8.33. The first-order valence-electron chi connectivity index (χ1n) is 8.98. The highest BCUT2D eigenvalue weighted by molar-refractivity contribution is 5.78. The lowest BCUT2D eigenvalue weighted by atomic mass is 9.88. The molecule has 1 aliphatic heterocycles. The number of carbonyl (C=O) groups excluding carboxylic acids is 1. The lowest BCUT2D eigenvalue weighted by Gasteiger charge is -2.29. The number of rotatable bonds is 4. The Bertz CT molecular complexity index is 849. The second kappa shape index (κ2) is 7.12. The molecule has 1 aromatic heterocycles. The van der Waals surface area contributed by atoms with E-state index in [4.69, 9.17) is 0 Å². The highest BCUT2D eigenvalue weighted by Crippen LogP contribution is 2.29. The maximum atomic E-state index is 13.0. The Morgan fingerprint density at radius 1 is 0.962 bits per heavy atom. The van der Waals surface area contributed by atoms with Crippen LogP contribution in [-0.2, 0) is 17.9 Å². The summed E-state index contributed by atoms with van der Waals surface area (Å²) in [5.74, 6) is 2.01. The smallest absolute Gasteiger partial charge is 0.223 e. The number of benzene rings is 2. The van der Waals surface area contributed by atoms with Crippen LogP contribution in [0.2, 0.25) is 0 Å². The average molecular weight is 346 g/mol. The van der Waals surface area contributed by atoms with Crippen LogP contribution < -0.4 is 0 Å². The number of aromatic nitrogens is 3. The van der Waals surface area contributed by atoms with Gasteiger partial charge in [0.05, 0.1) is 6.54 Å². The van der Waals surface area contributed by atoms with Crippen molar-refractivity contribution in [1.29, 1.82) is 0 Å². The molecule has 0 fully saturated rings. The summed E-state index contributed by atoms with van der Waals surface area (Å²) in [7, 11) is 0. The van der Waals surface area contributed by atoms with Crippen LogP contribution in [0.15, 0.2) is 60.7 Å². The van der Waals surface area contributed by atoms with Crippen LogP contribution in [0.1, 0.15) is 35.1 Å². The van der Waals surface area contributed by atoms with Gasteiger partial charge in [-0.1, -0.05) is 60.7 Å². The van der Waals surface area contributed by atoms with Crippen molar-refractivity contribution < 1.29 is 4.79 Å². The van der Waals surface area contributed by atoms with Gasteiger partial charge in [-0.15, -0.1) is 10.2 Å². The van der Waals surface area contributed by atoms with Crippen molar-refractivity contribution in [2.24, 2.45) is 0 Å². The molecule has 0 unspecified atom stereocenters. The van der Waals surface area contributed by atoms with Gasteiger partial charge < -0.3 is 9.47 Å². The van der Waals surface area contributed by atoms with Gasteiger partial charge >= 0.3 is 0 Å². The lowest BCUT2D eigenvalue weighted by molar-refractivity contribution is -0.133. The SMILES string of the molecule is Cc1nnc2n1CCN(C(=O)CC(c1ccccc1)c1ccccc1)C2. The lowest BCUT2D eigenvalue weighted by Crippen LogP contribution is -2.39. The van der Waals surface area contributed by atoms with Crippen molar-refractivity contribution in [1.82, 2.24) is 19.7 Å². The topological polar surface area (TPSA) is 51.0 Å². The quantitative estimate of drug-likeness (QED) is 0.729. The molecular formula is C21H22N4O. The van der Waals surface area contributed by atoms with Crippen molar-refractivity contribution in [3.05, 3.63) is 83.4 Å². The van der Waals surface area contributed by atoms with Crippen LogP contribution in [0, 0.1) is 6.92 Å². The summed E-state index contributed by atoms with van der Waals surface area (Å²) in [6, 6.07) is 20.5. The van der Waals surface area contributed by atoms with Crippen LogP contribution >= 0.6 is 0 Å². The van der Waals surface area contributed by atoms with E-state index in [0.29, 0.717) is 19.5 Å². The molecule has 0 N–H and O–H groups in total. The fourth-order valence-corrected chi connectivity index (χ4v) is 3.62. The number of fused-ring (bicyclic) bond motifs is 1. The molecule has 2 aromatic carbocycles.